The molecule has 0 aromatic heterocycles. The second-order valence-electron chi connectivity index (χ2n) is 9.13. The number of amides is 2. The Morgan fingerprint density at radius 1 is 1.23 bits per heavy atom. The molecule has 1 aliphatic rings. The van der Waals surface area contributed by atoms with Crippen molar-refractivity contribution in [2.75, 3.05) is 25.1 Å². The van der Waals surface area contributed by atoms with E-state index < -0.39 is 40.5 Å². The average molecular weight is 559 g/mol. The average Bonchev–Trinajstić information content (AvgIpc) is 3.02. The highest BCUT2D eigenvalue weighted by Gasteiger charge is 2.34. The number of methoxy groups -OCH3 is 1. The van der Waals surface area contributed by atoms with Crippen molar-refractivity contribution >= 4 is 39.8 Å². The molecule has 0 saturated heterocycles. The first kappa shape index (κ1) is 29.6. The fraction of sp³-hybridized carbons (Fsp3) is 0.385. The molecule has 39 heavy (non-hydrogen) atoms. The third-order valence-electron chi connectivity index (χ3n) is 6.15. The van der Waals surface area contributed by atoms with Crippen LogP contribution in [0.25, 0.3) is 0 Å². The third kappa shape index (κ3) is 8.79. The van der Waals surface area contributed by atoms with E-state index in [9.17, 15) is 22.8 Å². The first-order chi connectivity index (χ1) is 18.6. The lowest BCUT2D eigenvalue weighted by atomic mass is 10.1. The molecule has 0 fully saturated rings. The van der Waals surface area contributed by atoms with Crippen molar-refractivity contribution < 1.29 is 27.5 Å². The largest absolute Gasteiger partial charge is 0.497 e. The number of hydrogen-bond donors (Lipinski definition) is 4. The van der Waals surface area contributed by atoms with Gasteiger partial charge in [-0.25, -0.2) is 13.1 Å². The van der Waals surface area contributed by atoms with Gasteiger partial charge in [-0.05, 0) is 55.0 Å². The van der Waals surface area contributed by atoms with Crippen LogP contribution in [-0.4, -0.2) is 64.8 Å². The van der Waals surface area contributed by atoms with Gasteiger partial charge < -0.3 is 31.2 Å². The van der Waals surface area contributed by atoms with Crippen molar-refractivity contribution in [2.45, 2.75) is 43.5 Å². The Morgan fingerprint density at radius 2 is 1.97 bits per heavy atom. The van der Waals surface area contributed by atoms with Crippen LogP contribution in [0.15, 0.2) is 53.5 Å². The highest BCUT2D eigenvalue weighted by Crippen LogP contribution is 2.31. The highest BCUT2D eigenvalue weighted by molar-refractivity contribution is 7.88. The topological polar surface area (TPSA) is 186 Å². The number of anilines is 1. The number of aldehydes is 1. The van der Waals surface area contributed by atoms with Gasteiger partial charge in [-0.1, -0.05) is 30.3 Å². The Labute approximate surface area is 227 Å². The Kier molecular flexibility index (Phi) is 10.4. The summed E-state index contributed by atoms with van der Waals surface area (Å²) in [6, 6.07) is 11.8. The van der Waals surface area contributed by atoms with Gasteiger partial charge in [-0.3, -0.25) is 14.6 Å². The van der Waals surface area contributed by atoms with Crippen LogP contribution in [0.3, 0.4) is 0 Å². The van der Waals surface area contributed by atoms with Gasteiger partial charge in [0, 0.05) is 12.2 Å². The van der Waals surface area contributed by atoms with E-state index in [1.165, 1.54) is 12.0 Å². The molecule has 1 aliphatic heterocycles. The molecule has 6 N–H and O–H groups in total. The van der Waals surface area contributed by atoms with Crippen molar-refractivity contribution in [3.05, 3.63) is 59.7 Å². The number of carbonyl (C=O) groups is 3. The molecule has 2 atom stereocenters. The van der Waals surface area contributed by atoms with Crippen molar-refractivity contribution in [2.24, 2.45) is 16.5 Å². The number of aliphatic imine (C=N–C) groups is 1. The quantitative estimate of drug-likeness (QED) is 0.116. The van der Waals surface area contributed by atoms with Crippen LogP contribution in [0.1, 0.15) is 30.4 Å². The van der Waals surface area contributed by atoms with Crippen molar-refractivity contribution in [3.8, 4) is 5.75 Å². The van der Waals surface area contributed by atoms with Crippen LogP contribution in [-0.2, 0) is 36.6 Å². The van der Waals surface area contributed by atoms with Crippen LogP contribution in [0, 0.1) is 0 Å². The number of guanidine groups is 1. The summed E-state index contributed by atoms with van der Waals surface area (Å²) in [5.41, 5.74) is 12.4. The van der Waals surface area contributed by atoms with Crippen LogP contribution < -0.4 is 31.1 Å². The lowest BCUT2D eigenvalue weighted by Gasteiger charge is -2.26. The Balaban J connectivity index is 1.78. The number of nitrogens with one attached hydrogen (secondary N) is 2. The number of hydrogen-bond acceptors (Lipinski definition) is 7. The number of benzene rings is 2. The molecule has 210 valence electrons. The zero-order valence-corrected chi connectivity index (χ0v) is 22.5. The monoisotopic (exact) mass is 558 g/mol. The van der Waals surface area contributed by atoms with Gasteiger partial charge in [0.05, 0.1) is 18.9 Å². The summed E-state index contributed by atoms with van der Waals surface area (Å²) < 4.78 is 33.7. The molecule has 2 aromatic rings. The van der Waals surface area contributed by atoms with Crippen molar-refractivity contribution in [3.63, 3.8) is 0 Å². The number of nitrogens with zero attached hydrogens (tertiary/aromatic N) is 2. The Hall–Kier alpha value is -3.97. The number of sulfonamides is 1. The van der Waals surface area contributed by atoms with Crippen LogP contribution in [0.2, 0.25) is 0 Å². The van der Waals surface area contributed by atoms with Gasteiger partial charge in [0.1, 0.15) is 24.6 Å². The fourth-order valence-corrected chi connectivity index (χ4v) is 5.66. The maximum Gasteiger partial charge on any atom is 0.245 e. The molecule has 13 heteroatoms. The lowest BCUT2D eigenvalue weighted by molar-refractivity contribution is -0.125. The predicted molar refractivity (Wildman–Crippen MR) is 148 cm³/mol. The van der Waals surface area contributed by atoms with Gasteiger partial charge in [0.2, 0.25) is 21.8 Å². The first-order valence-corrected chi connectivity index (χ1v) is 14.1. The van der Waals surface area contributed by atoms with E-state index in [0.717, 1.165) is 5.56 Å². The Bertz CT molecular complexity index is 1300. The van der Waals surface area contributed by atoms with E-state index in [1.54, 1.807) is 48.5 Å². The molecule has 0 unspecified atom stereocenters. The molecule has 0 bridgehead atoms. The maximum atomic E-state index is 13.6. The molecular weight excluding hydrogens is 524 g/mol. The van der Waals surface area contributed by atoms with Gasteiger partial charge in [0.15, 0.2) is 5.96 Å². The molecule has 0 spiro atoms. The second kappa shape index (κ2) is 13.7. The summed E-state index contributed by atoms with van der Waals surface area (Å²) in [5.74, 6) is -0.932. The van der Waals surface area contributed by atoms with Crippen LogP contribution >= 0.6 is 0 Å². The molecule has 0 aliphatic carbocycles. The summed E-state index contributed by atoms with van der Waals surface area (Å²) >= 11 is 0. The normalized spacial score (nSPS) is 16.0. The van der Waals surface area contributed by atoms with E-state index in [1.807, 2.05) is 0 Å². The number of nitrogens with two attached hydrogens (primary N) is 2. The van der Waals surface area contributed by atoms with Gasteiger partial charge in [0.25, 0.3) is 0 Å². The third-order valence-corrected chi connectivity index (χ3v) is 7.50. The van der Waals surface area contributed by atoms with Crippen molar-refractivity contribution in [1.82, 2.24) is 10.0 Å². The maximum absolute atomic E-state index is 13.6. The minimum absolute atomic E-state index is 0.0643. The summed E-state index contributed by atoms with van der Waals surface area (Å²) in [6.45, 7) is -0.111. The molecule has 1 heterocycles. The highest BCUT2D eigenvalue weighted by atomic mass is 32.2. The lowest BCUT2D eigenvalue weighted by Crippen LogP contribution is -2.51. The summed E-state index contributed by atoms with van der Waals surface area (Å²) in [7, 11) is -2.36. The predicted octanol–water partition coefficient (Wildman–Crippen LogP) is 0.200. The molecule has 12 nitrogen and oxygen atoms in total. The summed E-state index contributed by atoms with van der Waals surface area (Å²) in [5, 5.41) is 2.62. The van der Waals surface area contributed by atoms with Gasteiger partial charge in [-0.2, -0.15) is 0 Å². The van der Waals surface area contributed by atoms with E-state index >= 15 is 0 Å². The zero-order chi connectivity index (χ0) is 28.4. The molecule has 3 rings (SSSR count). The fourth-order valence-electron chi connectivity index (χ4n) is 4.30. The molecule has 2 amide bonds. The van der Waals surface area contributed by atoms with Gasteiger partial charge in [-0.15, -0.1) is 0 Å². The first-order valence-electron chi connectivity index (χ1n) is 12.4. The summed E-state index contributed by atoms with van der Waals surface area (Å²) in [4.78, 5) is 43.2. The SMILES string of the molecule is COc1ccc2c(c1)CC[C@@H](NS(=O)(=O)Cc1ccccc1)C(=O)N2CC(=O)N[C@H](C=O)CCCN=C(N)N. The van der Waals surface area contributed by atoms with E-state index in [4.69, 9.17) is 16.2 Å². The van der Waals surface area contributed by atoms with E-state index in [2.05, 4.69) is 15.0 Å². The minimum atomic E-state index is -3.87. The minimum Gasteiger partial charge on any atom is -0.497 e. The van der Waals surface area contributed by atoms with Crippen molar-refractivity contribution in [1.29, 1.82) is 0 Å². The number of rotatable bonds is 13. The smallest absolute Gasteiger partial charge is 0.245 e. The number of aryl methyl sites for hydroxylation is 1. The van der Waals surface area contributed by atoms with Gasteiger partial charge >= 0.3 is 0 Å². The van der Waals surface area contributed by atoms with Crippen LogP contribution in [0.4, 0.5) is 5.69 Å². The van der Waals surface area contributed by atoms with Crippen LogP contribution in [0.5, 0.6) is 5.75 Å². The summed E-state index contributed by atoms with van der Waals surface area (Å²) in [6.07, 6.45) is 1.92. The molecular formula is C26H34N6O6S. The number of ether oxygens (including phenoxy) is 1. The molecule has 2 aromatic carbocycles. The molecule has 0 radical (unpaired) electrons. The second-order valence-corrected chi connectivity index (χ2v) is 10.9. The standard InChI is InChI=1S/C26H34N6O6S/c1-38-21-10-12-23-19(14-21)9-11-22(31-39(36,37)17-18-6-3-2-4-7-18)25(35)32(23)15-24(34)30-20(16-33)8-5-13-29-26(27)28/h2-4,6-7,10,12,14,16,20,22,31H,5,8-9,11,13,15,17H2,1H3,(H,30,34)(H4,27,28,29)/t20-,22+/m0/s1. The molecule has 0 saturated carbocycles. The Morgan fingerprint density at radius 3 is 2.64 bits per heavy atom. The zero-order valence-electron chi connectivity index (χ0n) is 21.7. The number of fused-ring (bicyclic) bond motifs is 1. The van der Waals surface area contributed by atoms with E-state index in [0.29, 0.717) is 49.1 Å². The van der Waals surface area contributed by atoms with E-state index in [-0.39, 0.29) is 18.1 Å². The number of carbonyl (C=O) groups excluding carboxylic acids is 3.